The summed E-state index contributed by atoms with van der Waals surface area (Å²) in [6, 6.07) is 17.4. The molecule has 0 saturated heterocycles. The molecular formula is C19H17BrN4O. The molecule has 2 aromatic carbocycles. The number of para-hydroxylation sites is 1. The van der Waals surface area contributed by atoms with Crippen molar-refractivity contribution in [1.82, 2.24) is 15.3 Å². The Morgan fingerprint density at radius 3 is 2.60 bits per heavy atom. The Hall–Kier alpha value is -2.73. The topological polar surface area (TPSA) is 66.9 Å². The second-order valence-electron chi connectivity index (χ2n) is 5.56. The van der Waals surface area contributed by atoms with Gasteiger partial charge in [0.1, 0.15) is 17.8 Å². The number of carbonyl (C=O) groups is 1. The van der Waals surface area contributed by atoms with Crippen LogP contribution in [0.3, 0.4) is 0 Å². The van der Waals surface area contributed by atoms with Gasteiger partial charge in [-0.3, -0.25) is 4.79 Å². The Balaban J connectivity index is 1.67. The number of carbonyl (C=O) groups excluding carboxylic acids is 1. The van der Waals surface area contributed by atoms with Gasteiger partial charge < -0.3 is 10.6 Å². The first-order chi connectivity index (χ1) is 12.1. The third-order valence-corrected chi connectivity index (χ3v) is 4.30. The van der Waals surface area contributed by atoms with Gasteiger partial charge in [0.2, 0.25) is 0 Å². The molecule has 0 fully saturated rings. The fourth-order valence-corrected chi connectivity index (χ4v) is 2.61. The molecule has 3 rings (SSSR count). The van der Waals surface area contributed by atoms with Crippen molar-refractivity contribution in [1.29, 1.82) is 0 Å². The third kappa shape index (κ3) is 4.64. The smallest absolute Gasteiger partial charge is 0.270 e. The molecule has 2 N–H and O–H groups in total. The van der Waals surface area contributed by atoms with E-state index in [1.54, 1.807) is 6.07 Å². The van der Waals surface area contributed by atoms with Crippen molar-refractivity contribution in [2.75, 3.05) is 5.32 Å². The van der Waals surface area contributed by atoms with Crippen molar-refractivity contribution in [3.05, 3.63) is 82.2 Å². The van der Waals surface area contributed by atoms with Crippen LogP contribution in [0.4, 0.5) is 11.5 Å². The maximum absolute atomic E-state index is 12.3. The van der Waals surface area contributed by atoms with E-state index in [4.69, 9.17) is 0 Å². The number of aromatic nitrogens is 2. The molecule has 0 spiro atoms. The molecule has 1 amide bonds. The van der Waals surface area contributed by atoms with Gasteiger partial charge in [-0.1, -0.05) is 42.0 Å². The summed E-state index contributed by atoms with van der Waals surface area (Å²) in [6.07, 6.45) is 1.37. The Kier molecular flexibility index (Phi) is 5.40. The molecule has 3 aromatic rings. The number of nitrogens with one attached hydrogen (secondary N) is 2. The molecule has 0 aliphatic rings. The quantitative estimate of drug-likeness (QED) is 0.677. The van der Waals surface area contributed by atoms with E-state index in [9.17, 15) is 4.79 Å². The molecule has 0 atom stereocenters. The summed E-state index contributed by atoms with van der Waals surface area (Å²) in [6.45, 7) is 2.49. The highest BCUT2D eigenvalue weighted by molar-refractivity contribution is 9.10. The van der Waals surface area contributed by atoms with Crippen molar-refractivity contribution in [2.24, 2.45) is 0 Å². The molecule has 1 heterocycles. The zero-order valence-corrected chi connectivity index (χ0v) is 15.2. The molecule has 1 aromatic heterocycles. The van der Waals surface area contributed by atoms with Crippen LogP contribution in [0.25, 0.3) is 0 Å². The van der Waals surface area contributed by atoms with Crippen LogP contribution in [0, 0.1) is 6.92 Å². The van der Waals surface area contributed by atoms with Crippen molar-refractivity contribution in [2.45, 2.75) is 13.5 Å². The molecule has 6 heteroatoms. The van der Waals surface area contributed by atoms with Crippen LogP contribution < -0.4 is 10.6 Å². The van der Waals surface area contributed by atoms with E-state index in [1.807, 2.05) is 55.5 Å². The van der Waals surface area contributed by atoms with Gasteiger partial charge in [-0.15, -0.1) is 0 Å². The van der Waals surface area contributed by atoms with E-state index in [-0.39, 0.29) is 5.91 Å². The molecule has 0 bridgehead atoms. The lowest BCUT2D eigenvalue weighted by Crippen LogP contribution is -2.24. The Labute approximate surface area is 154 Å². The number of amides is 1. The highest BCUT2D eigenvalue weighted by Gasteiger charge is 2.09. The lowest BCUT2D eigenvalue weighted by Gasteiger charge is -2.09. The Morgan fingerprint density at radius 1 is 1.08 bits per heavy atom. The highest BCUT2D eigenvalue weighted by atomic mass is 79.9. The number of hydrogen-bond donors (Lipinski definition) is 2. The largest absolute Gasteiger partial charge is 0.347 e. The maximum atomic E-state index is 12.3. The van der Waals surface area contributed by atoms with Crippen LogP contribution in [0.5, 0.6) is 0 Å². The molecule has 25 heavy (non-hydrogen) atoms. The molecule has 5 nitrogen and oxygen atoms in total. The summed E-state index contributed by atoms with van der Waals surface area (Å²) < 4.78 is 0.916. The normalized spacial score (nSPS) is 10.3. The monoisotopic (exact) mass is 396 g/mol. The molecule has 0 aliphatic heterocycles. The number of aryl methyl sites for hydroxylation is 1. The fraction of sp³-hybridized carbons (Fsp3) is 0.105. The molecular weight excluding hydrogens is 380 g/mol. The van der Waals surface area contributed by atoms with Crippen molar-refractivity contribution >= 4 is 33.3 Å². The van der Waals surface area contributed by atoms with Crippen LogP contribution in [0.1, 0.15) is 21.6 Å². The van der Waals surface area contributed by atoms with E-state index in [2.05, 4.69) is 36.5 Å². The Morgan fingerprint density at radius 2 is 1.84 bits per heavy atom. The van der Waals surface area contributed by atoms with Gasteiger partial charge in [0.15, 0.2) is 0 Å². The van der Waals surface area contributed by atoms with E-state index in [1.165, 1.54) is 11.9 Å². The third-order valence-electron chi connectivity index (χ3n) is 3.61. The second kappa shape index (κ2) is 7.90. The van der Waals surface area contributed by atoms with Crippen LogP contribution in [-0.2, 0) is 6.54 Å². The number of hydrogen-bond acceptors (Lipinski definition) is 4. The number of anilines is 2. The van der Waals surface area contributed by atoms with Gasteiger partial charge in [-0.25, -0.2) is 9.97 Å². The molecule has 0 aliphatic carbocycles. The summed E-state index contributed by atoms with van der Waals surface area (Å²) in [7, 11) is 0. The minimum atomic E-state index is -0.238. The average molecular weight is 397 g/mol. The van der Waals surface area contributed by atoms with E-state index in [0.717, 1.165) is 15.7 Å². The van der Waals surface area contributed by atoms with Gasteiger partial charge in [-0.2, -0.15) is 0 Å². The van der Waals surface area contributed by atoms with Crippen LogP contribution in [0.15, 0.2) is 65.4 Å². The van der Waals surface area contributed by atoms with Gasteiger partial charge in [0.05, 0.1) is 5.69 Å². The minimum Gasteiger partial charge on any atom is -0.347 e. The van der Waals surface area contributed by atoms with Crippen LogP contribution in [-0.4, -0.2) is 15.9 Å². The highest BCUT2D eigenvalue weighted by Crippen LogP contribution is 2.24. The molecule has 0 radical (unpaired) electrons. The number of nitrogens with zero attached hydrogens (tertiary/aromatic N) is 2. The second-order valence-corrected chi connectivity index (χ2v) is 6.42. The van der Waals surface area contributed by atoms with E-state index in [0.29, 0.717) is 18.1 Å². The van der Waals surface area contributed by atoms with Gasteiger partial charge in [0.25, 0.3) is 5.91 Å². The van der Waals surface area contributed by atoms with Gasteiger partial charge >= 0.3 is 0 Å². The first kappa shape index (κ1) is 17.1. The number of halogens is 1. The summed E-state index contributed by atoms with van der Waals surface area (Å²) in [5.41, 5.74) is 3.41. The summed E-state index contributed by atoms with van der Waals surface area (Å²) in [5, 5.41) is 6.04. The molecule has 0 saturated carbocycles. The maximum Gasteiger partial charge on any atom is 0.270 e. The standard InChI is InChI=1S/C19H17BrN4O/c1-13-6-8-14(9-7-13)11-21-19(25)17-10-18(23-12-22-17)24-16-5-3-2-4-15(16)20/h2-10,12H,11H2,1H3,(H,21,25)(H,22,23,24). The van der Waals surface area contributed by atoms with Crippen molar-refractivity contribution in [3.63, 3.8) is 0 Å². The number of benzene rings is 2. The van der Waals surface area contributed by atoms with Crippen molar-refractivity contribution < 1.29 is 4.79 Å². The van der Waals surface area contributed by atoms with E-state index < -0.39 is 0 Å². The lowest BCUT2D eigenvalue weighted by molar-refractivity contribution is 0.0946. The van der Waals surface area contributed by atoms with E-state index >= 15 is 0 Å². The lowest BCUT2D eigenvalue weighted by atomic mass is 10.1. The van der Waals surface area contributed by atoms with Crippen LogP contribution >= 0.6 is 15.9 Å². The average Bonchev–Trinajstić information content (AvgIpc) is 2.63. The molecule has 126 valence electrons. The predicted molar refractivity (Wildman–Crippen MR) is 102 cm³/mol. The van der Waals surface area contributed by atoms with Crippen LogP contribution in [0.2, 0.25) is 0 Å². The first-order valence-electron chi connectivity index (χ1n) is 7.79. The fourth-order valence-electron chi connectivity index (χ4n) is 2.23. The summed E-state index contributed by atoms with van der Waals surface area (Å²) in [5.74, 6) is 0.320. The zero-order chi connectivity index (χ0) is 17.6. The van der Waals surface area contributed by atoms with Gasteiger partial charge in [-0.05, 0) is 40.5 Å². The first-order valence-corrected chi connectivity index (χ1v) is 8.58. The number of rotatable bonds is 5. The SMILES string of the molecule is Cc1ccc(CNC(=O)c2cc(Nc3ccccc3Br)ncn2)cc1. The summed E-state index contributed by atoms with van der Waals surface area (Å²) >= 11 is 3.47. The van der Waals surface area contributed by atoms with Gasteiger partial charge in [0, 0.05) is 17.1 Å². The molecule has 0 unspecified atom stereocenters. The Bertz CT molecular complexity index is 881. The predicted octanol–water partition coefficient (Wildman–Crippen LogP) is 4.22. The van der Waals surface area contributed by atoms with Crippen molar-refractivity contribution in [3.8, 4) is 0 Å². The minimum absolute atomic E-state index is 0.238. The zero-order valence-electron chi connectivity index (χ0n) is 13.7. The summed E-state index contributed by atoms with van der Waals surface area (Å²) in [4.78, 5) is 20.5.